The van der Waals surface area contributed by atoms with Crippen molar-refractivity contribution in [3.8, 4) is 5.75 Å². The predicted molar refractivity (Wildman–Crippen MR) is 49.7 cm³/mol. The van der Waals surface area contributed by atoms with E-state index in [1.54, 1.807) is 12.1 Å². The first-order valence-electron chi connectivity index (χ1n) is 4.30. The quantitative estimate of drug-likeness (QED) is 0.667. The van der Waals surface area contributed by atoms with Gasteiger partial charge in [-0.2, -0.15) is 0 Å². The molecule has 1 fully saturated rings. The van der Waals surface area contributed by atoms with E-state index in [4.69, 9.17) is 16.3 Å². The molecule has 0 radical (unpaired) electrons. The van der Waals surface area contributed by atoms with E-state index in [-0.39, 0.29) is 17.3 Å². The van der Waals surface area contributed by atoms with Gasteiger partial charge in [0.1, 0.15) is 17.7 Å². The smallest absolute Gasteiger partial charge is 0.123 e. The molecule has 1 aromatic rings. The van der Waals surface area contributed by atoms with Crippen molar-refractivity contribution in [2.45, 2.75) is 24.3 Å². The Labute approximate surface area is 81.5 Å². The average Bonchev–Trinajstić information content (AvgIpc) is 2.06. The van der Waals surface area contributed by atoms with Gasteiger partial charge in [0.25, 0.3) is 0 Å². The van der Waals surface area contributed by atoms with E-state index < -0.39 is 0 Å². The molecule has 1 saturated carbocycles. The summed E-state index contributed by atoms with van der Waals surface area (Å²) in [4.78, 5) is 0. The van der Waals surface area contributed by atoms with Crippen molar-refractivity contribution < 1.29 is 9.13 Å². The Bertz CT molecular complexity index is 279. The molecule has 0 heterocycles. The van der Waals surface area contributed by atoms with Gasteiger partial charge in [-0.25, -0.2) is 4.39 Å². The zero-order chi connectivity index (χ0) is 9.26. The Balaban J connectivity index is 1.91. The minimum Gasteiger partial charge on any atom is -0.490 e. The highest BCUT2D eigenvalue weighted by molar-refractivity contribution is 6.21. The van der Waals surface area contributed by atoms with E-state index in [0.29, 0.717) is 0 Å². The minimum absolute atomic E-state index is 0.216. The largest absolute Gasteiger partial charge is 0.490 e. The third-order valence-electron chi connectivity index (χ3n) is 2.15. The molecule has 3 heteroatoms. The highest BCUT2D eigenvalue weighted by Gasteiger charge is 2.28. The fourth-order valence-corrected chi connectivity index (χ4v) is 1.70. The van der Waals surface area contributed by atoms with Crippen LogP contribution in [0.3, 0.4) is 0 Å². The lowest BCUT2D eigenvalue weighted by atomic mass is 9.95. The Morgan fingerprint density at radius 3 is 2.38 bits per heavy atom. The summed E-state index contributed by atoms with van der Waals surface area (Å²) in [6, 6.07) is 6.06. The van der Waals surface area contributed by atoms with Gasteiger partial charge in [0.15, 0.2) is 0 Å². The molecular weight excluding hydrogens is 191 g/mol. The Morgan fingerprint density at radius 2 is 1.85 bits per heavy atom. The van der Waals surface area contributed by atoms with Crippen LogP contribution in [0.25, 0.3) is 0 Å². The molecule has 0 aliphatic heterocycles. The molecule has 0 atom stereocenters. The standard InChI is InChI=1S/C10H10ClFO/c11-7-5-10(6-7)13-9-3-1-8(12)2-4-9/h1-4,7,10H,5-6H2. The molecule has 0 unspecified atom stereocenters. The summed E-state index contributed by atoms with van der Waals surface area (Å²) >= 11 is 5.80. The van der Waals surface area contributed by atoms with Crippen LogP contribution in [0.15, 0.2) is 24.3 Å². The summed E-state index contributed by atoms with van der Waals surface area (Å²) in [5, 5.41) is 0.255. The van der Waals surface area contributed by atoms with Crippen LogP contribution in [0.4, 0.5) is 4.39 Å². The van der Waals surface area contributed by atoms with Gasteiger partial charge in [-0.05, 0) is 24.3 Å². The lowest BCUT2D eigenvalue weighted by Crippen LogP contribution is -2.34. The van der Waals surface area contributed by atoms with Gasteiger partial charge >= 0.3 is 0 Å². The van der Waals surface area contributed by atoms with Crippen molar-refractivity contribution in [3.63, 3.8) is 0 Å². The molecule has 2 rings (SSSR count). The highest BCUT2D eigenvalue weighted by atomic mass is 35.5. The van der Waals surface area contributed by atoms with Crippen LogP contribution in [0.2, 0.25) is 0 Å². The molecule has 1 aromatic carbocycles. The molecule has 1 aliphatic rings. The second-order valence-corrected chi connectivity index (χ2v) is 3.88. The zero-order valence-electron chi connectivity index (χ0n) is 7.04. The minimum atomic E-state index is -0.240. The van der Waals surface area contributed by atoms with Crippen LogP contribution in [0.1, 0.15) is 12.8 Å². The van der Waals surface area contributed by atoms with Crippen LogP contribution in [-0.2, 0) is 0 Å². The second-order valence-electron chi connectivity index (χ2n) is 3.26. The summed E-state index contributed by atoms with van der Waals surface area (Å²) < 4.78 is 18.0. The van der Waals surface area contributed by atoms with Crippen LogP contribution < -0.4 is 4.74 Å². The van der Waals surface area contributed by atoms with Crippen molar-refractivity contribution in [2.24, 2.45) is 0 Å². The summed E-state index contributed by atoms with van der Waals surface area (Å²) in [6.45, 7) is 0. The third-order valence-corrected chi connectivity index (χ3v) is 2.51. The second kappa shape index (κ2) is 3.54. The van der Waals surface area contributed by atoms with E-state index in [9.17, 15) is 4.39 Å². The first-order valence-corrected chi connectivity index (χ1v) is 4.74. The van der Waals surface area contributed by atoms with E-state index in [2.05, 4.69) is 0 Å². The molecular formula is C10H10ClFO. The fraction of sp³-hybridized carbons (Fsp3) is 0.400. The SMILES string of the molecule is Fc1ccc(OC2CC(Cl)C2)cc1. The number of halogens is 2. The molecule has 0 bridgehead atoms. The number of benzene rings is 1. The van der Waals surface area contributed by atoms with Gasteiger partial charge in [-0.15, -0.1) is 11.6 Å². The lowest BCUT2D eigenvalue weighted by molar-refractivity contribution is 0.124. The molecule has 1 nitrogen and oxygen atoms in total. The number of alkyl halides is 1. The molecule has 1 aliphatic carbocycles. The fourth-order valence-electron chi connectivity index (χ4n) is 1.30. The molecule has 0 spiro atoms. The van der Waals surface area contributed by atoms with Crippen molar-refractivity contribution in [1.29, 1.82) is 0 Å². The Hall–Kier alpha value is -0.760. The third kappa shape index (κ3) is 2.13. The number of ether oxygens (including phenoxy) is 1. The summed E-state index contributed by atoms with van der Waals surface area (Å²) in [5.74, 6) is 0.478. The highest BCUT2D eigenvalue weighted by Crippen LogP contribution is 2.29. The first kappa shape index (κ1) is 8.82. The van der Waals surface area contributed by atoms with Crippen LogP contribution in [-0.4, -0.2) is 11.5 Å². The maximum atomic E-state index is 12.5. The molecule has 70 valence electrons. The van der Waals surface area contributed by atoms with Crippen molar-refractivity contribution >= 4 is 11.6 Å². The molecule has 13 heavy (non-hydrogen) atoms. The predicted octanol–water partition coefficient (Wildman–Crippen LogP) is 2.97. The van der Waals surface area contributed by atoms with E-state index in [0.717, 1.165) is 18.6 Å². The Morgan fingerprint density at radius 1 is 1.23 bits per heavy atom. The topological polar surface area (TPSA) is 9.23 Å². The lowest BCUT2D eigenvalue weighted by Gasteiger charge is -2.31. The van der Waals surface area contributed by atoms with Crippen molar-refractivity contribution in [2.75, 3.05) is 0 Å². The maximum absolute atomic E-state index is 12.5. The van der Waals surface area contributed by atoms with E-state index in [1.807, 2.05) is 0 Å². The van der Waals surface area contributed by atoms with Gasteiger partial charge in [0.2, 0.25) is 0 Å². The van der Waals surface area contributed by atoms with Gasteiger partial charge in [0.05, 0.1) is 0 Å². The molecule has 0 amide bonds. The van der Waals surface area contributed by atoms with Gasteiger partial charge in [-0.3, -0.25) is 0 Å². The molecule has 0 N–H and O–H groups in total. The Kier molecular flexibility index (Phi) is 2.40. The van der Waals surface area contributed by atoms with Gasteiger partial charge in [0, 0.05) is 18.2 Å². The van der Waals surface area contributed by atoms with Crippen molar-refractivity contribution in [1.82, 2.24) is 0 Å². The van der Waals surface area contributed by atoms with E-state index in [1.165, 1.54) is 12.1 Å². The van der Waals surface area contributed by atoms with Gasteiger partial charge < -0.3 is 4.74 Å². The van der Waals surface area contributed by atoms with Gasteiger partial charge in [-0.1, -0.05) is 0 Å². The van der Waals surface area contributed by atoms with Crippen LogP contribution >= 0.6 is 11.6 Å². The summed E-state index contributed by atoms with van der Waals surface area (Å²) in [7, 11) is 0. The van der Waals surface area contributed by atoms with E-state index >= 15 is 0 Å². The maximum Gasteiger partial charge on any atom is 0.123 e. The molecule has 0 aromatic heterocycles. The average molecular weight is 201 g/mol. The summed E-state index contributed by atoms with van der Waals surface area (Å²) in [6.07, 6.45) is 1.99. The van der Waals surface area contributed by atoms with Crippen LogP contribution in [0, 0.1) is 5.82 Å². The normalized spacial score (nSPS) is 26.6. The number of rotatable bonds is 2. The van der Waals surface area contributed by atoms with Crippen molar-refractivity contribution in [3.05, 3.63) is 30.1 Å². The first-order chi connectivity index (χ1) is 6.24. The van der Waals surface area contributed by atoms with Crippen LogP contribution in [0.5, 0.6) is 5.75 Å². The molecule has 0 saturated heterocycles. The monoisotopic (exact) mass is 200 g/mol. The number of hydrogen-bond acceptors (Lipinski definition) is 1. The number of hydrogen-bond donors (Lipinski definition) is 0. The zero-order valence-corrected chi connectivity index (χ0v) is 7.80. The summed E-state index contributed by atoms with van der Waals surface area (Å²) in [5.41, 5.74) is 0.